The van der Waals surface area contributed by atoms with Crippen molar-refractivity contribution < 1.29 is 19.4 Å². The summed E-state index contributed by atoms with van der Waals surface area (Å²) < 4.78 is 10.6. The average molecular weight is 273 g/mol. The van der Waals surface area contributed by atoms with E-state index in [2.05, 4.69) is 4.98 Å². The number of aliphatic carboxylic acids is 1. The highest BCUT2D eigenvalue weighted by Gasteiger charge is 2.21. The summed E-state index contributed by atoms with van der Waals surface area (Å²) in [5.74, 6) is -0.467. The maximum atomic E-state index is 11.3. The molecule has 104 valence electrons. The van der Waals surface area contributed by atoms with Crippen LogP contribution >= 0.6 is 0 Å². The Labute approximate surface area is 116 Å². The number of hydrogen-bond acceptors (Lipinski definition) is 4. The molecular formula is C15H15NO4. The van der Waals surface area contributed by atoms with Crippen LogP contribution in [0.3, 0.4) is 0 Å². The SMILES string of the molecule is COc1cccc(OCC(C(=O)O)c2cccnc2)c1. The minimum atomic E-state index is -0.944. The number of carboxylic acids is 1. The van der Waals surface area contributed by atoms with Crippen molar-refractivity contribution in [2.24, 2.45) is 0 Å². The predicted octanol–water partition coefficient (Wildman–Crippen LogP) is 2.34. The Morgan fingerprint density at radius 1 is 1.30 bits per heavy atom. The van der Waals surface area contributed by atoms with Crippen LogP contribution in [-0.4, -0.2) is 29.8 Å². The quantitative estimate of drug-likeness (QED) is 0.874. The highest BCUT2D eigenvalue weighted by Crippen LogP contribution is 2.21. The van der Waals surface area contributed by atoms with Gasteiger partial charge in [-0.25, -0.2) is 0 Å². The molecular weight excluding hydrogens is 258 g/mol. The molecule has 1 aromatic heterocycles. The van der Waals surface area contributed by atoms with E-state index in [1.165, 1.54) is 6.20 Å². The van der Waals surface area contributed by atoms with Crippen molar-refractivity contribution >= 4 is 5.97 Å². The van der Waals surface area contributed by atoms with Crippen LogP contribution in [0.1, 0.15) is 11.5 Å². The molecule has 0 fully saturated rings. The lowest BCUT2D eigenvalue weighted by Crippen LogP contribution is -2.19. The van der Waals surface area contributed by atoms with Crippen molar-refractivity contribution in [1.29, 1.82) is 0 Å². The molecule has 0 amide bonds. The molecule has 0 saturated heterocycles. The van der Waals surface area contributed by atoms with Gasteiger partial charge >= 0.3 is 5.97 Å². The summed E-state index contributed by atoms with van der Waals surface area (Å²) in [7, 11) is 1.56. The van der Waals surface area contributed by atoms with Gasteiger partial charge in [0.15, 0.2) is 0 Å². The van der Waals surface area contributed by atoms with E-state index in [4.69, 9.17) is 9.47 Å². The van der Waals surface area contributed by atoms with Crippen molar-refractivity contribution in [3.05, 3.63) is 54.4 Å². The van der Waals surface area contributed by atoms with Gasteiger partial charge in [-0.3, -0.25) is 9.78 Å². The molecule has 0 aliphatic carbocycles. The van der Waals surface area contributed by atoms with Crippen molar-refractivity contribution in [2.45, 2.75) is 5.92 Å². The first-order valence-corrected chi connectivity index (χ1v) is 6.10. The number of ether oxygens (including phenoxy) is 2. The number of pyridine rings is 1. The van der Waals surface area contributed by atoms with Crippen LogP contribution < -0.4 is 9.47 Å². The van der Waals surface area contributed by atoms with Gasteiger partial charge < -0.3 is 14.6 Å². The predicted molar refractivity (Wildman–Crippen MR) is 73.1 cm³/mol. The third-order valence-electron chi connectivity index (χ3n) is 2.84. The van der Waals surface area contributed by atoms with Crippen LogP contribution in [-0.2, 0) is 4.79 Å². The first-order chi connectivity index (χ1) is 9.70. The Bertz CT molecular complexity index is 571. The normalized spacial score (nSPS) is 11.7. The van der Waals surface area contributed by atoms with Crippen LogP contribution in [0.25, 0.3) is 0 Å². The molecule has 0 spiro atoms. The van der Waals surface area contributed by atoms with Gasteiger partial charge in [0.2, 0.25) is 0 Å². The molecule has 1 atom stereocenters. The van der Waals surface area contributed by atoms with E-state index in [0.29, 0.717) is 17.1 Å². The number of benzene rings is 1. The molecule has 1 heterocycles. The van der Waals surface area contributed by atoms with Crippen LogP contribution in [0.5, 0.6) is 11.5 Å². The summed E-state index contributed by atoms with van der Waals surface area (Å²) in [6.45, 7) is 0.0359. The Kier molecular flexibility index (Phi) is 4.55. The molecule has 0 saturated carbocycles. The van der Waals surface area contributed by atoms with Crippen LogP contribution in [0.4, 0.5) is 0 Å². The summed E-state index contributed by atoms with van der Waals surface area (Å²) in [6, 6.07) is 10.5. The summed E-state index contributed by atoms with van der Waals surface area (Å²) in [5, 5.41) is 9.27. The minimum Gasteiger partial charge on any atom is -0.497 e. The number of rotatable bonds is 6. The summed E-state index contributed by atoms with van der Waals surface area (Å²) in [5.41, 5.74) is 0.614. The standard InChI is InChI=1S/C15H15NO4/c1-19-12-5-2-6-13(8-12)20-10-14(15(17)18)11-4-3-7-16-9-11/h2-9,14H,10H2,1H3,(H,17,18). The Balaban J connectivity index is 2.08. The topological polar surface area (TPSA) is 68.7 Å². The fraction of sp³-hybridized carbons (Fsp3) is 0.200. The number of carboxylic acid groups (broad SMARTS) is 1. The number of hydrogen-bond donors (Lipinski definition) is 1. The summed E-state index contributed by atoms with van der Waals surface area (Å²) >= 11 is 0. The lowest BCUT2D eigenvalue weighted by Gasteiger charge is -2.14. The molecule has 0 radical (unpaired) electrons. The number of nitrogens with zero attached hydrogens (tertiary/aromatic N) is 1. The van der Waals surface area contributed by atoms with Gasteiger partial charge in [-0.15, -0.1) is 0 Å². The van der Waals surface area contributed by atoms with E-state index >= 15 is 0 Å². The van der Waals surface area contributed by atoms with E-state index in [9.17, 15) is 9.90 Å². The average Bonchev–Trinajstić information content (AvgIpc) is 2.48. The van der Waals surface area contributed by atoms with Gasteiger partial charge in [0, 0.05) is 18.5 Å². The smallest absolute Gasteiger partial charge is 0.314 e. The van der Waals surface area contributed by atoms with Crippen LogP contribution in [0, 0.1) is 0 Å². The van der Waals surface area contributed by atoms with Gasteiger partial charge in [-0.1, -0.05) is 12.1 Å². The molecule has 0 aliphatic heterocycles. The molecule has 2 aromatic rings. The van der Waals surface area contributed by atoms with Gasteiger partial charge in [-0.2, -0.15) is 0 Å². The van der Waals surface area contributed by atoms with E-state index in [1.807, 2.05) is 0 Å². The summed E-state index contributed by atoms with van der Waals surface area (Å²) in [6.07, 6.45) is 3.14. The maximum absolute atomic E-state index is 11.3. The van der Waals surface area contributed by atoms with E-state index in [-0.39, 0.29) is 6.61 Å². The highest BCUT2D eigenvalue weighted by molar-refractivity contribution is 5.76. The number of carbonyl (C=O) groups is 1. The first kappa shape index (κ1) is 13.9. The summed E-state index contributed by atoms with van der Waals surface area (Å²) in [4.78, 5) is 15.2. The maximum Gasteiger partial charge on any atom is 0.314 e. The van der Waals surface area contributed by atoms with Crippen molar-refractivity contribution in [3.8, 4) is 11.5 Å². The van der Waals surface area contributed by atoms with Gasteiger partial charge in [0.1, 0.15) is 24.0 Å². The largest absolute Gasteiger partial charge is 0.497 e. The molecule has 2 rings (SSSR count). The lowest BCUT2D eigenvalue weighted by atomic mass is 10.0. The first-order valence-electron chi connectivity index (χ1n) is 6.10. The molecule has 5 heteroatoms. The third-order valence-corrected chi connectivity index (χ3v) is 2.84. The van der Waals surface area contributed by atoms with E-state index < -0.39 is 11.9 Å². The Morgan fingerprint density at radius 2 is 2.10 bits per heavy atom. The van der Waals surface area contributed by atoms with Crippen molar-refractivity contribution in [3.63, 3.8) is 0 Å². The van der Waals surface area contributed by atoms with Crippen LogP contribution in [0.15, 0.2) is 48.8 Å². The van der Waals surface area contributed by atoms with Gasteiger partial charge in [0.25, 0.3) is 0 Å². The highest BCUT2D eigenvalue weighted by atomic mass is 16.5. The fourth-order valence-electron chi connectivity index (χ4n) is 1.76. The second-order valence-electron chi connectivity index (χ2n) is 4.17. The third kappa shape index (κ3) is 3.47. The van der Waals surface area contributed by atoms with E-state index in [0.717, 1.165) is 0 Å². The van der Waals surface area contributed by atoms with Gasteiger partial charge in [-0.05, 0) is 23.8 Å². The Morgan fingerprint density at radius 3 is 2.75 bits per heavy atom. The zero-order valence-electron chi connectivity index (χ0n) is 11.0. The van der Waals surface area contributed by atoms with Crippen molar-refractivity contribution in [1.82, 2.24) is 4.98 Å². The zero-order chi connectivity index (χ0) is 14.4. The number of aromatic nitrogens is 1. The van der Waals surface area contributed by atoms with Crippen molar-refractivity contribution in [2.75, 3.05) is 13.7 Å². The monoisotopic (exact) mass is 273 g/mol. The number of methoxy groups -OCH3 is 1. The molecule has 0 aliphatic rings. The molecule has 1 aromatic carbocycles. The van der Waals surface area contributed by atoms with Gasteiger partial charge in [0.05, 0.1) is 7.11 Å². The minimum absolute atomic E-state index is 0.0359. The molecule has 1 N–H and O–H groups in total. The Hall–Kier alpha value is -2.56. The zero-order valence-corrected chi connectivity index (χ0v) is 11.0. The van der Waals surface area contributed by atoms with Crippen LogP contribution in [0.2, 0.25) is 0 Å². The molecule has 0 bridgehead atoms. The lowest BCUT2D eigenvalue weighted by molar-refractivity contribution is -0.139. The molecule has 5 nitrogen and oxygen atoms in total. The fourth-order valence-corrected chi connectivity index (χ4v) is 1.76. The molecule has 20 heavy (non-hydrogen) atoms. The second kappa shape index (κ2) is 6.56. The second-order valence-corrected chi connectivity index (χ2v) is 4.17. The molecule has 1 unspecified atom stereocenters. The van der Waals surface area contributed by atoms with E-state index in [1.54, 1.807) is 49.7 Å².